The van der Waals surface area contributed by atoms with Crippen molar-refractivity contribution in [3.8, 4) is 0 Å². The van der Waals surface area contributed by atoms with Crippen LogP contribution < -0.4 is 10.6 Å². The summed E-state index contributed by atoms with van der Waals surface area (Å²) >= 11 is 0. The van der Waals surface area contributed by atoms with Crippen LogP contribution in [-0.4, -0.2) is 47.6 Å². The molecule has 0 aromatic rings. The standard InChI is InChI=1S/C17H31N3O4/c1-17(2,3)14-16(23)18-10-8-6-4-5-7-9-13(15(22)19-14)11-20(24)12-21/h12-14,24H,4-11H2,1-3H3,(H,18,23)(H,19,22)/t13-,14-/m1/s1. The van der Waals surface area contributed by atoms with Crippen molar-refractivity contribution < 1.29 is 19.6 Å². The van der Waals surface area contributed by atoms with E-state index in [4.69, 9.17) is 0 Å². The summed E-state index contributed by atoms with van der Waals surface area (Å²) in [5, 5.41) is 15.7. The van der Waals surface area contributed by atoms with Gasteiger partial charge >= 0.3 is 0 Å². The number of carbonyl (C=O) groups is 3. The molecule has 0 saturated carbocycles. The van der Waals surface area contributed by atoms with Crippen LogP contribution in [-0.2, 0) is 14.4 Å². The molecule has 138 valence electrons. The third kappa shape index (κ3) is 6.86. The molecule has 0 aromatic heterocycles. The number of hydrogen-bond donors (Lipinski definition) is 3. The van der Waals surface area contributed by atoms with Gasteiger partial charge in [0, 0.05) is 6.54 Å². The van der Waals surface area contributed by atoms with Crippen LogP contribution in [0.25, 0.3) is 0 Å². The quantitative estimate of drug-likeness (QED) is 0.411. The Bertz CT molecular complexity index is 434. The van der Waals surface area contributed by atoms with Gasteiger partial charge in [-0.3, -0.25) is 19.6 Å². The lowest BCUT2D eigenvalue weighted by atomic mass is 9.85. The van der Waals surface area contributed by atoms with Crippen LogP contribution in [0.1, 0.15) is 59.3 Å². The molecule has 1 rings (SSSR count). The molecule has 1 aliphatic rings. The summed E-state index contributed by atoms with van der Waals surface area (Å²) in [4.78, 5) is 35.7. The molecule has 3 amide bonds. The summed E-state index contributed by atoms with van der Waals surface area (Å²) in [5.74, 6) is -1.02. The molecule has 2 atom stereocenters. The first-order chi connectivity index (χ1) is 11.3. The van der Waals surface area contributed by atoms with Gasteiger partial charge < -0.3 is 10.6 Å². The topological polar surface area (TPSA) is 98.7 Å². The average Bonchev–Trinajstić information content (AvgIpc) is 2.52. The molecule has 1 aliphatic heterocycles. The van der Waals surface area contributed by atoms with Crippen LogP contribution in [0.2, 0.25) is 0 Å². The molecule has 0 bridgehead atoms. The van der Waals surface area contributed by atoms with Gasteiger partial charge in [-0.15, -0.1) is 0 Å². The Kier molecular flexibility index (Phi) is 8.18. The molecule has 7 heteroatoms. The second-order valence-electron chi connectivity index (χ2n) is 7.58. The molecule has 0 radical (unpaired) electrons. The SMILES string of the molecule is CC(C)(C)[C@@H]1NC(=O)[C@@H](CN(O)C=O)CCCCCCCNC1=O. The van der Waals surface area contributed by atoms with Gasteiger partial charge in [0.15, 0.2) is 0 Å². The van der Waals surface area contributed by atoms with Gasteiger partial charge in [-0.2, -0.15) is 0 Å². The number of carbonyl (C=O) groups excluding carboxylic acids is 3. The predicted octanol–water partition coefficient (Wildman–Crippen LogP) is 1.45. The monoisotopic (exact) mass is 341 g/mol. The highest BCUT2D eigenvalue weighted by Gasteiger charge is 2.34. The molecule has 0 aromatic carbocycles. The van der Waals surface area contributed by atoms with Crippen LogP contribution >= 0.6 is 0 Å². The van der Waals surface area contributed by atoms with E-state index < -0.39 is 17.4 Å². The van der Waals surface area contributed by atoms with Crippen molar-refractivity contribution in [3.63, 3.8) is 0 Å². The second kappa shape index (κ2) is 9.61. The van der Waals surface area contributed by atoms with E-state index >= 15 is 0 Å². The lowest BCUT2D eigenvalue weighted by Gasteiger charge is -2.32. The fraction of sp³-hybridized carbons (Fsp3) is 0.824. The summed E-state index contributed by atoms with van der Waals surface area (Å²) in [6, 6.07) is -0.656. The van der Waals surface area contributed by atoms with Gasteiger partial charge in [-0.1, -0.05) is 46.5 Å². The minimum absolute atomic E-state index is 0.0617. The summed E-state index contributed by atoms with van der Waals surface area (Å²) < 4.78 is 0. The maximum atomic E-state index is 12.6. The van der Waals surface area contributed by atoms with Crippen molar-refractivity contribution in [2.24, 2.45) is 11.3 Å². The number of nitrogens with one attached hydrogen (secondary N) is 2. The average molecular weight is 341 g/mol. The minimum atomic E-state index is -0.656. The third-order valence-electron chi connectivity index (χ3n) is 4.34. The maximum absolute atomic E-state index is 12.6. The van der Waals surface area contributed by atoms with Crippen LogP contribution in [0.15, 0.2) is 0 Å². The van der Waals surface area contributed by atoms with Crippen molar-refractivity contribution in [2.45, 2.75) is 65.3 Å². The van der Waals surface area contributed by atoms with Crippen molar-refractivity contribution in [3.05, 3.63) is 0 Å². The maximum Gasteiger partial charge on any atom is 0.243 e. The van der Waals surface area contributed by atoms with Crippen LogP contribution in [0.4, 0.5) is 0 Å². The van der Waals surface area contributed by atoms with Crippen LogP contribution in [0.3, 0.4) is 0 Å². The normalized spacial score (nSPS) is 24.7. The zero-order chi connectivity index (χ0) is 18.2. The van der Waals surface area contributed by atoms with Crippen molar-refractivity contribution in [1.29, 1.82) is 0 Å². The highest BCUT2D eigenvalue weighted by Crippen LogP contribution is 2.21. The van der Waals surface area contributed by atoms with Gasteiger partial charge in [0.05, 0.1) is 12.5 Å². The summed E-state index contributed by atoms with van der Waals surface area (Å²) in [6.45, 7) is 6.24. The minimum Gasteiger partial charge on any atom is -0.354 e. The van der Waals surface area contributed by atoms with Crippen molar-refractivity contribution in [1.82, 2.24) is 15.7 Å². The first-order valence-electron chi connectivity index (χ1n) is 8.74. The molecular weight excluding hydrogens is 310 g/mol. The lowest BCUT2D eigenvalue weighted by Crippen LogP contribution is -2.55. The van der Waals surface area contributed by atoms with Crippen LogP contribution in [0, 0.1) is 11.3 Å². The van der Waals surface area contributed by atoms with Gasteiger partial charge in [0.25, 0.3) is 0 Å². The Balaban J connectivity index is 2.92. The zero-order valence-corrected chi connectivity index (χ0v) is 15.0. The Morgan fingerprint density at radius 3 is 2.38 bits per heavy atom. The van der Waals surface area contributed by atoms with E-state index in [1.165, 1.54) is 0 Å². The Labute approximate surface area is 144 Å². The van der Waals surface area contributed by atoms with E-state index in [2.05, 4.69) is 10.6 Å². The summed E-state index contributed by atoms with van der Waals surface area (Å²) in [5.41, 5.74) is -0.436. The van der Waals surface area contributed by atoms with E-state index in [0.29, 0.717) is 24.4 Å². The van der Waals surface area contributed by atoms with E-state index in [-0.39, 0.29) is 18.4 Å². The molecule has 0 unspecified atom stereocenters. The van der Waals surface area contributed by atoms with Gasteiger partial charge in [0.1, 0.15) is 6.04 Å². The molecule has 0 spiro atoms. The Morgan fingerprint density at radius 1 is 1.12 bits per heavy atom. The van der Waals surface area contributed by atoms with Gasteiger partial charge in [-0.25, -0.2) is 5.06 Å². The predicted molar refractivity (Wildman–Crippen MR) is 90.1 cm³/mol. The van der Waals surface area contributed by atoms with E-state index in [0.717, 1.165) is 32.1 Å². The molecule has 1 heterocycles. The smallest absolute Gasteiger partial charge is 0.243 e. The van der Waals surface area contributed by atoms with Crippen molar-refractivity contribution in [2.75, 3.05) is 13.1 Å². The molecule has 1 fully saturated rings. The summed E-state index contributed by atoms with van der Waals surface area (Å²) in [7, 11) is 0. The molecule has 24 heavy (non-hydrogen) atoms. The Hall–Kier alpha value is -1.63. The fourth-order valence-electron chi connectivity index (χ4n) is 2.87. The third-order valence-corrected chi connectivity index (χ3v) is 4.34. The second-order valence-corrected chi connectivity index (χ2v) is 7.58. The van der Waals surface area contributed by atoms with Crippen LogP contribution in [0.5, 0.6) is 0 Å². The lowest BCUT2D eigenvalue weighted by molar-refractivity contribution is -0.155. The number of hydrogen-bond acceptors (Lipinski definition) is 4. The highest BCUT2D eigenvalue weighted by atomic mass is 16.5. The molecular formula is C17H31N3O4. The fourth-order valence-corrected chi connectivity index (χ4v) is 2.87. The van der Waals surface area contributed by atoms with E-state index in [9.17, 15) is 19.6 Å². The summed E-state index contributed by atoms with van der Waals surface area (Å²) in [6.07, 6.45) is 5.73. The largest absolute Gasteiger partial charge is 0.354 e. The molecule has 3 N–H and O–H groups in total. The molecule has 0 aliphatic carbocycles. The molecule has 7 nitrogen and oxygen atoms in total. The number of rotatable bonds is 3. The number of amides is 3. The molecule has 1 saturated heterocycles. The number of hydroxylamine groups is 2. The van der Waals surface area contributed by atoms with Gasteiger partial charge in [-0.05, 0) is 18.3 Å². The first-order valence-corrected chi connectivity index (χ1v) is 8.74. The number of nitrogens with zero attached hydrogens (tertiary/aromatic N) is 1. The Morgan fingerprint density at radius 2 is 1.75 bits per heavy atom. The van der Waals surface area contributed by atoms with E-state index in [1.54, 1.807) is 0 Å². The van der Waals surface area contributed by atoms with Gasteiger partial charge in [0.2, 0.25) is 18.2 Å². The zero-order valence-electron chi connectivity index (χ0n) is 15.0. The van der Waals surface area contributed by atoms with E-state index in [1.807, 2.05) is 20.8 Å². The van der Waals surface area contributed by atoms with Crippen molar-refractivity contribution >= 4 is 18.2 Å². The first kappa shape index (κ1) is 20.4. The highest BCUT2D eigenvalue weighted by molar-refractivity contribution is 5.89.